The maximum absolute atomic E-state index is 13.3. The molecule has 1 aliphatic rings. The number of rotatable bonds is 7. The first-order valence-corrected chi connectivity index (χ1v) is 8.41. The van der Waals surface area contributed by atoms with Gasteiger partial charge in [-0.25, -0.2) is 4.39 Å². The van der Waals surface area contributed by atoms with E-state index < -0.39 is 5.82 Å². The summed E-state index contributed by atoms with van der Waals surface area (Å²) in [6.07, 6.45) is -0.148. The molecule has 0 aliphatic carbocycles. The summed E-state index contributed by atoms with van der Waals surface area (Å²) >= 11 is 0. The third kappa shape index (κ3) is 3.86. The molecule has 1 aliphatic heterocycles. The minimum atomic E-state index is -0.498. The third-order valence-electron chi connectivity index (χ3n) is 4.18. The van der Waals surface area contributed by atoms with E-state index in [1.807, 2.05) is 0 Å². The highest BCUT2D eigenvalue weighted by atomic mass is 19.1. The zero-order valence-corrected chi connectivity index (χ0v) is 15.0. The van der Waals surface area contributed by atoms with E-state index in [4.69, 9.17) is 18.9 Å². The Morgan fingerprint density at radius 2 is 1.78 bits per heavy atom. The lowest BCUT2D eigenvalue weighted by atomic mass is 9.99. The molecular formula is C20H19FO6. The average molecular weight is 374 g/mol. The second kappa shape index (κ2) is 8.07. The van der Waals surface area contributed by atoms with Crippen LogP contribution in [0.15, 0.2) is 30.3 Å². The molecule has 0 saturated carbocycles. The molecular weight excluding hydrogens is 355 g/mol. The molecule has 0 bridgehead atoms. The maximum Gasteiger partial charge on any atom is 0.204 e. The molecule has 0 radical (unpaired) electrons. The van der Waals surface area contributed by atoms with Gasteiger partial charge in [0.15, 0.2) is 23.1 Å². The summed E-state index contributed by atoms with van der Waals surface area (Å²) in [5, 5.41) is 0. The Kier molecular flexibility index (Phi) is 5.59. The highest BCUT2D eigenvalue weighted by molar-refractivity contribution is 6.05. The molecule has 0 fully saturated rings. The van der Waals surface area contributed by atoms with Gasteiger partial charge in [-0.1, -0.05) is 12.1 Å². The largest absolute Gasteiger partial charge is 0.496 e. The molecule has 3 rings (SSSR count). The van der Waals surface area contributed by atoms with Gasteiger partial charge in [0, 0.05) is 24.5 Å². The van der Waals surface area contributed by atoms with Crippen molar-refractivity contribution in [3.8, 4) is 23.0 Å². The normalized spacial score (nSPS) is 12.4. The first-order valence-electron chi connectivity index (χ1n) is 8.41. The fraction of sp³-hybridized carbons (Fsp3) is 0.300. The lowest BCUT2D eigenvalue weighted by Crippen LogP contribution is -2.18. The van der Waals surface area contributed by atoms with E-state index >= 15 is 0 Å². The summed E-state index contributed by atoms with van der Waals surface area (Å²) < 4.78 is 35.1. The van der Waals surface area contributed by atoms with Gasteiger partial charge >= 0.3 is 0 Å². The lowest BCUT2D eigenvalue weighted by molar-refractivity contribution is 0.0912. The topological polar surface area (TPSA) is 71.1 Å². The first-order chi connectivity index (χ1) is 13.0. The summed E-state index contributed by atoms with van der Waals surface area (Å²) in [5.74, 6) is 0.101. The molecule has 27 heavy (non-hydrogen) atoms. The van der Waals surface area contributed by atoms with E-state index in [1.54, 1.807) is 6.07 Å². The molecule has 0 amide bonds. The number of benzene rings is 2. The van der Waals surface area contributed by atoms with Crippen LogP contribution in [0.3, 0.4) is 0 Å². The Morgan fingerprint density at radius 1 is 1.04 bits per heavy atom. The highest BCUT2D eigenvalue weighted by Gasteiger charge is 2.28. The van der Waals surface area contributed by atoms with E-state index in [2.05, 4.69) is 0 Å². The Bertz CT molecular complexity index is 877. The van der Waals surface area contributed by atoms with Crippen molar-refractivity contribution in [2.24, 2.45) is 0 Å². The van der Waals surface area contributed by atoms with E-state index in [0.29, 0.717) is 24.7 Å². The molecule has 0 spiro atoms. The first kappa shape index (κ1) is 18.7. The van der Waals surface area contributed by atoms with Gasteiger partial charge < -0.3 is 18.9 Å². The number of fused-ring (bicyclic) bond motifs is 1. The number of Topliss-reactive ketones (excluding diaryl/α,β-unsaturated/α-hetero) is 2. The molecule has 1 heterocycles. The smallest absolute Gasteiger partial charge is 0.204 e. The van der Waals surface area contributed by atoms with Crippen molar-refractivity contribution in [3.63, 3.8) is 0 Å². The molecule has 0 aromatic heterocycles. The van der Waals surface area contributed by atoms with Crippen molar-refractivity contribution < 1.29 is 32.9 Å². The van der Waals surface area contributed by atoms with Crippen LogP contribution in [0.2, 0.25) is 0 Å². The molecule has 0 saturated heterocycles. The Balaban J connectivity index is 1.84. The second-order valence-electron chi connectivity index (χ2n) is 5.87. The van der Waals surface area contributed by atoms with Crippen molar-refractivity contribution in [1.82, 2.24) is 0 Å². The standard InChI is InChI=1S/C20H19FO6/c1-24-16-11-17-19(27-9-8-26-17)20(25-2)18(16)15(23)7-6-14(22)12-4-3-5-13(21)10-12/h3-5,10-11H,6-9H2,1-2H3. The van der Waals surface area contributed by atoms with Crippen LogP contribution in [0.25, 0.3) is 0 Å². The summed E-state index contributed by atoms with van der Waals surface area (Å²) in [6, 6.07) is 6.95. The molecule has 7 heteroatoms. The molecule has 6 nitrogen and oxygen atoms in total. The molecule has 0 atom stereocenters. The van der Waals surface area contributed by atoms with Gasteiger partial charge in [0.2, 0.25) is 5.75 Å². The fourth-order valence-electron chi connectivity index (χ4n) is 2.91. The second-order valence-corrected chi connectivity index (χ2v) is 5.87. The SMILES string of the molecule is COc1cc2c(c(OC)c1C(=O)CCC(=O)c1cccc(F)c1)OCCO2. The maximum atomic E-state index is 13.3. The van der Waals surface area contributed by atoms with E-state index in [-0.39, 0.29) is 47.0 Å². The van der Waals surface area contributed by atoms with Gasteiger partial charge in [0.05, 0.1) is 14.2 Å². The molecule has 2 aromatic carbocycles. The summed E-state index contributed by atoms with van der Waals surface area (Å²) in [6.45, 7) is 0.718. The van der Waals surface area contributed by atoms with Crippen LogP contribution in [0.5, 0.6) is 23.0 Å². The summed E-state index contributed by atoms with van der Waals surface area (Å²) in [4.78, 5) is 25.1. The van der Waals surface area contributed by atoms with Gasteiger partial charge in [-0.2, -0.15) is 0 Å². The van der Waals surface area contributed by atoms with Crippen LogP contribution < -0.4 is 18.9 Å². The number of halogens is 1. The van der Waals surface area contributed by atoms with Gasteiger partial charge in [0.25, 0.3) is 0 Å². The Labute approximate surface area is 155 Å². The van der Waals surface area contributed by atoms with E-state index in [1.165, 1.54) is 32.4 Å². The van der Waals surface area contributed by atoms with Crippen molar-refractivity contribution in [1.29, 1.82) is 0 Å². The number of carbonyl (C=O) groups is 2. The molecule has 0 N–H and O–H groups in total. The number of methoxy groups -OCH3 is 2. The van der Waals surface area contributed by atoms with Crippen molar-refractivity contribution in [3.05, 3.63) is 47.3 Å². The Morgan fingerprint density at radius 3 is 2.48 bits per heavy atom. The summed E-state index contributed by atoms with van der Waals surface area (Å²) in [5.41, 5.74) is 0.417. The van der Waals surface area contributed by atoms with Crippen molar-refractivity contribution in [2.45, 2.75) is 12.8 Å². The number of hydrogen-bond donors (Lipinski definition) is 0. The van der Waals surface area contributed by atoms with Gasteiger partial charge in [0.1, 0.15) is 30.3 Å². The van der Waals surface area contributed by atoms with Crippen LogP contribution in [0.1, 0.15) is 33.6 Å². The number of ketones is 2. The van der Waals surface area contributed by atoms with Gasteiger partial charge in [-0.3, -0.25) is 9.59 Å². The summed E-state index contributed by atoms with van der Waals surface area (Å²) in [7, 11) is 2.85. The number of ether oxygens (including phenoxy) is 4. The fourth-order valence-corrected chi connectivity index (χ4v) is 2.91. The van der Waals surface area contributed by atoms with Gasteiger partial charge in [-0.15, -0.1) is 0 Å². The quantitative estimate of drug-likeness (QED) is 0.691. The number of hydrogen-bond acceptors (Lipinski definition) is 6. The molecule has 2 aromatic rings. The van der Waals surface area contributed by atoms with E-state index in [0.717, 1.165) is 6.07 Å². The predicted octanol–water partition coefficient (Wildman–Crippen LogP) is 3.46. The van der Waals surface area contributed by atoms with Gasteiger partial charge in [-0.05, 0) is 12.1 Å². The van der Waals surface area contributed by atoms with Crippen LogP contribution in [-0.4, -0.2) is 39.0 Å². The average Bonchev–Trinajstić information content (AvgIpc) is 2.70. The van der Waals surface area contributed by atoms with Crippen LogP contribution in [0.4, 0.5) is 4.39 Å². The van der Waals surface area contributed by atoms with Crippen molar-refractivity contribution in [2.75, 3.05) is 27.4 Å². The van der Waals surface area contributed by atoms with Crippen LogP contribution >= 0.6 is 0 Å². The lowest BCUT2D eigenvalue weighted by Gasteiger charge is -2.23. The Hall–Kier alpha value is -3.09. The number of carbonyl (C=O) groups excluding carboxylic acids is 2. The zero-order valence-electron chi connectivity index (χ0n) is 15.0. The zero-order chi connectivity index (χ0) is 19.4. The van der Waals surface area contributed by atoms with Crippen LogP contribution in [-0.2, 0) is 0 Å². The van der Waals surface area contributed by atoms with E-state index in [9.17, 15) is 14.0 Å². The third-order valence-corrected chi connectivity index (χ3v) is 4.18. The minimum absolute atomic E-state index is 0.0664. The predicted molar refractivity (Wildman–Crippen MR) is 94.8 cm³/mol. The minimum Gasteiger partial charge on any atom is -0.496 e. The highest BCUT2D eigenvalue weighted by Crippen LogP contribution is 2.47. The van der Waals surface area contributed by atoms with Crippen molar-refractivity contribution >= 4 is 11.6 Å². The molecule has 142 valence electrons. The molecule has 0 unspecified atom stereocenters. The van der Waals surface area contributed by atoms with Crippen LogP contribution in [0, 0.1) is 5.82 Å². The monoisotopic (exact) mass is 374 g/mol.